The lowest BCUT2D eigenvalue weighted by molar-refractivity contribution is -0.139. The summed E-state index contributed by atoms with van der Waals surface area (Å²) in [5.41, 5.74) is 4.58. The molecule has 1 aliphatic rings. The number of fused-ring (bicyclic) bond motifs is 1. The van der Waals surface area contributed by atoms with Crippen LogP contribution in [-0.2, 0) is 22.4 Å². The molecule has 1 aliphatic heterocycles. The van der Waals surface area contributed by atoms with E-state index in [4.69, 9.17) is 4.74 Å². The van der Waals surface area contributed by atoms with Crippen molar-refractivity contribution in [3.05, 3.63) is 107 Å². The largest absolute Gasteiger partial charge is 0.507 e. The zero-order valence-electron chi connectivity index (χ0n) is 20.3. The van der Waals surface area contributed by atoms with Crippen LogP contribution in [0.25, 0.3) is 16.7 Å². The van der Waals surface area contributed by atoms with E-state index in [0.717, 1.165) is 39.8 Å². The van der Waals surface area contributed by atoms with Crippen molar-refractivity contribution in [1.82, 2.24) is 9.88 Å². The van der Waals surface area contributed by atoms with Crippen molar-refractivity contribution in [1.29, 1.82) is 0 Å². The molecule has 1 saturated heterocycles. The van der Waals surface area contributed by atoms with Gasteiger partial charge in [-0.2, -0.15) is 0 Å². The number of nitrogens with zero attached hydrogens (tertiary/aromatic N) is 1. The maximum absolute atomic E-state index is 13.3. The van der Waals surface area contributed by atoms with Crippen molar-refractivity contribution < 1.29 is 19.4 Å². The maximum Gasteiger partial charge on any atom is 0.295 e. The number of carbonyl (C=O) groups excluding carboxylic acids is 2. The topological polar surface area (TPSA) is 82.6 Å². The number of carbonyl (C=O) groups is 2. The van der Waals surface area contributed by atoms with E-state index < -0.39 is 17.7 Å². The Hall–Kier alpha value is -4.32. The second-order valence-corrected chi connectivity index (χ2v) is 8.93. The van der Waals surface area contributed by atoms with Gasteiger partial charge in [-0.3, -0.25) is 9.59 Å². The third-order valence-corrected chi connectivity index (χ3v) is 6.89. The molecule has 2 heterocycles. The van der Waals surface area contributed by atoms with E-state index in [2.05, 4.69) is 11.9 Å². The SMILES string of the molecule is CCc1ccc([C@H]2C(=C(O)c3ccccc3)C(=O)C(=O)N2CCc2c[nH]c3ccc(OC)cc23)cc1. The highest BCUT2D eigenvalue weighted by atomic mass is 16.5. The van der Waals surface area contributed by atoms with Gasteiger partial charge in [0.15, 0.2) is 0 Å². The smallest absolute Gasteiger partial charge is 0.295 e. The van der Waals surface area contributed by atoms with E-state index >= 15 is 0 Å². The number of likely N-dealkylation sites (tertiary alicyclic amines) is 1. The Balaban J connectivity index is 1.55. The Morgan fingerprint density at radius 1 is 1.03 bits per heavy atom. The minimum Gasteiger partial charge on any atom is -0.507 e. The number of aromatic nitrogens is 1. The van der Waals surface area contributed by atoms with Gasteiger partial charge in [0, 0.05) is 29.2 Å². The second-order valence-electron chi connectivity index (χ2n) is 8.93. The molecule has 0 aliphatic carbocycles. The molecule has 36 heavy (non-hydrogen) atoms. The van der Waals surface area contributed by atoms with E-state index in [9.17, 15) is 14.7 Å². The Bertz CT molecular complexity index is 1450. The van der Waals surface area contributed by atoms with Gasteiger partial charge < -0.3 is 19.7 Å². The number of hydrogen-bond acceptors (Lipinski definition) is 4. The summed E-state index contributed by atoms with van der Waals surface area (Å²) in [6, 6.07) is 21.9. The molecule has 0 saturated carbocycles. The summed E-state index contributed by atoms with van der Waals surface area (Å²) in [7, 11) is 1.63. The van der Waals surface area contributed by atoms with E-state index in [-0.39, 0.29) is 11.3 Å². The fraction of sp³-hybridized carbons (Fsp3) is 0.200. The number of H-pyrrole nitrogens is 1. The first-order chi connectivity index (χ1) is 17.5. The van der Waals surface area contributed by atoms with Crippen LogP contribution < -0.4 is 4.74 Å². The summed E-state index contributed by atoms with van der Waals surface area (Å²) >= 11 is 0. The Labute approximate surface area is 209 Å². The molecule has 1 atom stereocenters. The van der Waals surface area contributed by atoms with Crippen molar-refractivity contribution in [2.24, 2.45) is 0 Å². The first-order valence-electron chi connectivity index (χ1n) is 12.1. The molecule has 0 spiro atoms. The van der Waals surface area contributed by atoms with Crippen LogP contribution >= 0.6 is 0 Å². The number of aromatic amines is 1. The third kappa shape index (κ3) is 4.15. The first-order valence-corrected chi connectivity index (χ1v) is 12.1. The van der Waals surface area contributed by atoms with Gasteiger partial charge in [-0.05, 0) is 47.7 Å². The number of nitrogens with one attached hydrogen (secondary N) is 1. The van der Waals surface area contributed by atoms with Crippen LogP contribution in [-0.4, -0.2) is 40.3 Å². The van der Waals surface area contributed by atoms with Crippen LogP contribution in [0.15, 0.2) is 84.6 Å². The van der Waals surface area contributed by atoms with Crippen molar-refractivity contribution in [3.63, 3.8) is 0 Å². The number of rotatable bonds is 7. The molecule has 5 rings (SSSR count). The molecule has 0 radical (unpaired) electrons. The molecular formula is C30H28N2O4. The van der Waals surface area contributed by atoms with Crippen LogP contribution in [0.5, 0.6) is 5.75 Å². The van der Waals surface area contributed by atoms with E-state index in [1.165, 1.54) is 0 Å². The van der Waals surface area contributed by atoms with Crippen LogP contribution in [0.3, 0.4) is 0 Å². The fourth-order valence-corrected chi connectivity index (χ4v) is 4.88. The third-order valence-electron chi connectivity index (χ3n) is 6.89. The van der Waals surface area contributed by atoms with E-state index in [1.807, 2.05) is 54.7 Å². The van der Waals surface area contributed by atoms with Gasteiger partial charge in [0.1, 0.15) is 11.5 Å². The zero-order chi connectivity index (χ0) is 25.2. The van der Waals surface area contributed by atoms with Gasteiger partial charge in [-0.1, -0.05) is 61.5 Å². The van der Waals surface area contributed by atoms with Gasteiger partial charge in [0.2, 0.25) is 0 Å². The monoisotopic (exact) mass is 480 g/mol. The number of aliphatic hydroxyl groups excluding tert-OH is 1. The van der Waals surface area contributed by atoms with Crippen molar-refractivity contribution in [3.8, 4) is 5.75 Å². The van der Waals surface area contributed by atoms with E-state index in [1.54, 1.807) is 36.3 Å². The van der Waals surface area contributed by atoms with Gasteiger partial charge in [-0.25, -0.2) is 0 Å². The summed E-state index contributed by atoms with van der Waals surface area (Å²) < 4.78 is 5.37. The van der Waals surface area contributed by atoms with Crippen LogP contribution in [0.1, 0.15) is 35.2 Å². The quantitative estimate of drug-likeness (QED) is 0.211. The molecule has 1 fully saturated rings. The molecule has 1 amide bonds. The Morgan fingerprint density at radius 3 is 2.47 bits per heavy atom. The minimum atomic E-state index is -0.671. The van der Waals surface area contributed by atoms with E-state index in [0.29, 0.717) is 18.5 Å². The minimum absolute atomic E-state index is 0.121. The van der Waals surface area contributed by atoms with Crippen LogP contribution in [0.2, 0.25) is 0 Å². The van der Waals surface area contributed by atoms with Crippen LogP contribution in [0.4, 0.5) is 0 Å². The van der Waals surface area contributed by atoms with Crippen molar-refractivity contribution >= 4 is 28.4 Å². The molecule has 2 N–H and O–H groups in total. The predicted molar refractivity (Wildman–Crippen MR) is 140 cm³/mol. The average molecular weight is 481 g/mol. The number of aliphatic hydroxyl groups is 1. The van der Waals surface area contributed by atoms with Gasteiger partial charge in [0.25, 0.3) is 11.7 Å². The number of aryl methyl sites for hydroxylation is 1. The summed E-state index contributed by atoms with van der Waals surface area (Å²) in [5.74, 6) is -0.670. The number of ketones is 1. The normalized spacial score (nSPS) is 17.2. The Morgan fingerprint density at radius 2 is 1.78 bits per heavy atom. The lowest BCUT2D eigenvalue weighted by Gasteiger charge is -2.25. The average Bonchev–Trinajstić information content (AvgIpc) is 3.44. The summed E-state index contributed by atoms with van der Waals surface area (Å²) in [6.07, 6.45) is 3.35. The number of amides is 1. The predicted octanol–water partition coefficient (Wildman–Crippen LogP) is 5.40. The summed E-state index contributed by atoms with van der Waals surface area (Å²) in [6.45, 7) is 2.40. The zero-order valence-corrected chi connectivity index (χ0v) is 20.3. The number of Topliss-reactive ketones (excluding diaryl/α,β-unsaturated/α-hetero) is 1. The molecule has 4 aromatic rings. The second kappa shape index (κ2) is 9.74. The van der Waals surface area contributed by atoms with Gasteiger partial charge in [0.05, 0.1) is 18.7 Å². The molecule has 3 aromatic carbocycles. The molecule has 6 heteroatoms. The standard InChI is InChI=1S/C30H28N2O4/c1-3-19-9-11-20(12-10-19)27-26(28(33)21-7-5-4-6-8-21)29(34)30(35)32(27)16-15-22-18-31-25-14-13-23(36-2)17-24(22)25/h4-14,17-18,27,31,33H,3,15-16H2,1-2H3/t27-/m0/s1. The molecule has 6 nitrogen and oxygen atoms in total. The lowest BCUT2D eigenvalue weighted by Crippen LogP contribution is -2.31. The summed E-state index contributed by atoms with van der Waals surface area (Å²) in [5, 5.41) is 12.2. The van der Waals surface area contributed by atoms with Gasteiger partial charge >= 0.3 is 0 Å². The summed E-state index contributed by atoms with van der Waals surface area (Å²) in [4.78, 5) is 31.4. The molecular weight excluding hydrogens is 452 g/mol. The highest BCUT2D eigenvalue weighted by molar-refractivity contribution is 6.46. The molecule has 0 unspecified atom stereocenters. The Kier molecular flexibility index (Phi) is 6.34. The van der Waals surface area contributed by atoms with Crippen LogP contribution in [0, 0.1) is 0 Å². The highest BCUT2D eigenvalue weighted by Gasteiger charge is 2.45. The molecule has 1 aromatic heterocycles. The number of methoxy groups -OCH3 is 1. The maximum atomic E-state index is 13.3. The first kappa shape index (κ1) is 23.4. The lowest BCUT2D eigenvalue weighted by atomic mass is 9.94. The van der Waals surface area contributed by atoms with Gasteiger partial charge in [-0.15, -0.1) is 0 Å². The van der Waals surface area contributed by atoms with Crippen molar-refractivity contribution in [2.45, 2.75) is 25.8 Å². The number of benzene rings is 3. The number of hydrogen-bond donors (Lipinski definition) is 2. The number of ether oxygens (including phenoxy) is 1. The fourth-order valence-electron chi connectivity index (χ4n) is 4.88. The van der Waals surface area contributed by atoms with Crippen molar-refractivity contribution in [2.75, 3.05) is 13.7 Å². The molecule has 0 bridgehead atoms. The highest BCUT2D eigenvalue weighted by Crippen LogP contribution is 2.39. The molecule has 182 valence electrons.